The van der Waals surface area contributed by atoms with Gasteiger partial charge in [-0.15, -0.1) is 11.8 Å². The predicted molar refractivity (Wildman–Crippen MR) is 96.8 cm³/mol. The Labute approximate surface area is 141 Å². The summed E-state index contributed by atoms with van der Waals surface area (Å²) in [5, 5.41) is 9.08. The van der Waals surface area contributed by atoms with Crippen LogP contribution in [-0.4, -0.2) is 33.1 Å². The van der Waals surface area contributed by atoms with Gasteiger partial charge in [-0.1, -0.05) is 6.58 Å². The summed E-state index contributed by atoms with van der Waals surface area (Å²) >= 11 is 1.47. The van der Waals surface area contributed by atoms with Gasteiger partial charge in [0.15, 0.2) is 0 Å². The minimum atomic E-state index is -3.68. The number of rotatable bonds is 6. The van der Waals surface area contributed by atoms with E-state index in [0.29, 0.717) is 28.1 Å². The Kier molecular flexibility index (Phi) is 6.27. The zero-order valence-corrected chi connectivity index (χ0v) is 15.2. The molecule has 0 aromatic heterocycles. The van der Waals surface area contributed by atoms with Crippen LogP contribution in [-0.2, 0) is 10.2 Å². The second-order valence-electron chi connectivity index (χ2n) is 4.91. The summed E-state index contributed by atoms with van der Waals surface area (Å²) in [5.74, 6) is 0. The molecule has 0 aliphatic heterocycles. The third kappa shape index (κ3) is 4.51. The average molecular weight is 352 g/mol. The molecule has 3 N–H and O–H groups in total. The number of nitrogens with zero attached hydrogens (tertiary/aromatic N) is 2. The van der Waals surface area contributed by atoms with Crippen molar-refractivity contribution < 1.29 is 8.42 Å². The van der Waals surface area contributed by atoms with Crippen molar-refractivity contribution in [1.82, 2.24) is 4.31 Å². The lowest BCUT2D eigenvalue weighted by Crippen LogP contribution is -2.29. The molecule has 1 aromatic carbocycles. The summed E-state index contributed by atoms with van der Waals surface area (Å²) in [6.07, 6.45) is 1.89. The van der Waals surface area contributed by atoms with E-state index in [1.165, 1.54) is 38.0 Å². The molecule has 1 aromatic rings. The van der Waals surface area contributed by atoms with Gasteiger partial charge in [-0.25, -0.2) is 0 Å². The molecule has 0 saturated carbocycles. The topological polar surface area (TPSA) is 99.2 Å². The highest BCUT2D eigenvalue weighted by Crippen LogP contribution is 2.31. The Morgan fingerprint density at radius 3 is 2.52 bits per heavy atom. The van der Waals surface area contributed by atoms with Gasteiger partial charge in [0.1, 0.15) is 0 Å². The largest absolute Gasteiger partial charge is 0.398 e. The first-order valence-electron chi connectivity index (χ1n) is 6.58. The van der Waals surface area contributed by atoms with E-state index in [1.54, 1.807) is 6.07 Å². The maximum absolute atomic E-state index is 12.1. The van der Waals surface area contributed by atoms with E-state index in [9.17, 15) is 8.42 Å². The maximum atomic E-state index is 12.1. The lowest BCUT2D eigenvalue weighted by Gasteiger charge is -2.18. The predicted octanol–water partition coefficient (Wildman–Crippen LogP) is 2.34. The highest BCUT2D eigenvalue weighted by atomic mass is 32.2. The summed E-state index contributed by atoms with van der Waals surface area (Å²) in [6, 6.07) is 6.66. The Morgan fingerprint density at radius 1 is 1.43 bits per heavy atom. The van der Waals surface area contributed by atoms with E-state index in [-0.39, 0.29) is 0 Å². The molecule has 0 unspecified atom stereocenters. The summed E-state index contributed by atoms with van der Waals surface area (Å²) in [5.41, 5.74) is 8.18. The molecule has 0 spiro atoms. The van der Waals surface area contributed by atoms with Crippen molar-refractivity contribution in [3.05, 3.63) is 46.5 Å². The molecule has 0 saturated heterocycles. The standard InChI is InChI=1S/C15H20N4O2S2/c1-10(15(17)11(2)22-5)13-8-12(9-16)6-7-14(13)18-23(20,21)19(3)4/h6-8,18H,1,17H2,2-5H3/b15-11-. The van der Waals surface area contributed by atoms with Crippen molar-refractivity contribution in [2.45, 2.75) is 6.92 Å². The third-order valence-electron chi connectivity index (χ3n) is 3.20. The minimum Gasteiger partial charge on any atom is -0.398 e. The van der Waals surface area contributed by atoms with Crippen LogP contribution >= 0.6 is 11.8 Å². The van der Waals surface area contributed by atoms with Gasteiger partial charge in [-0.2, -0.15) is 18.0 Å². The van der Waals surface area contributed by atoms with Crippen LogP contribution in [0.5, 0.6) is 0 Å². The van der Waals surface area contributed by atoms with Crippen LogP contribution in [0.3, 0.4) is 0 Å². The van der Waals surface area contributed by atoms with Gasteiger partial charge in [0.05, 0.1) is 17.3 Å². The molecule has 0 amide bonds. The zero-order valence-electron chi connectivity index (χ0n) is 13.5. The number of hydrogen-bond donors (Lipinski definition) is 2. The van der Waals surface area contributed by atoms with Crippen molar-refractivity contribution in [1.29, 1.82) is 5.26 Å². The van der Waals surface area contributed by atoms with Crippen molar-refractivity contribution in [2.24, 2.45) is 5.73 Å². The van der Waals surface area contributed by atoms with Gasteiger partial charge < -0.3 is 5.73 Å². The third-order valence-corrected chi connectivity index (χ3v) is 5.48. The number of thioether (sulfide) groups is 1. The number of anilines is 1. The SMILES string of the molecule is C=C(/C(N)=C(\C)SC)c1cc(C#N)ccc1NS(=O)(=O)N(C)C. The second kappa shape index (κ2) is 7.55. The molecule has 0 heterocycles. The molecule has 124 valence electrons. The lowest BCUT2D eigenvalue weighted by atomic mass is 10.0. The fourth-order valence-electron chi connectivity index (χ4n) is 1.65. The molecular formula is C15H20N4O2S2. The van der Waals surface area contributed by atoms with Crippen LogP contribution in [0.4, 0.5) is 5.69 Å². The first-order valence-corrected chi connectivity index (χ1v) is 9.25. The van der Waals surface area contributed by atoms with Crippen molar-refractivity contribution >= 4 is 33.2 Å². The first-order chi connectivity index (χ1) is 10.6. The minimum absolute atomic E-state index is 0.319. The molecule has 0 fully saturated rings. The van der Waals surface area contributed by atoms with Crippen molar-refractivity contribution in [3.63, 3.8) is 0 Å². The molecule has 6 nitrogen and oxygen atoms in total. The van der Waals surface area contributed by atoms with Crippen LogP contribution in [0.2, 0.25) is 0 Å². The van der Waals surface area contributed by atoms with Gasteiger partial charge >= 0.3 is 10.2 Å². The molecule has 23 heavy (non-hydrogen) atoms. The molecule has 0 bridgehead atoms. The van der Waals surface area contributed by atoms with Crippen molar-refractivity contribution in [3.8, 4) is 6.07 Å². The lowest BCUT2D eigenvalue weighted by molar-refractivity contribution is 0.527. The number of allylic oxidation sites excluding steroid dienone is 2. The zero-order chi connectivity index (χ0) is 17.8. The van der Waals surface area contributed by atoms with Crippen molar-refractivity contribution in [2.75, 3.05) is 25.1 Å². The van der Waals surface area contributed by atoms with Gasteiger partial charge in [0.2, 0.25) is 0 Å². The van der Waals surface area contributed by atoms with E-state index in [1.807, 2.05) is 19.2 Å². The van der Waals surface area contributed by atoms with Gasteiger partial charge in [0, 0.05) is 35.8 Å². The molecule has 8 heteroatoms. The van der Waals surface area contributed by atoms with E-state index < -0.39 is 10.2 Å². The fourth-order valence-corrected chi connectivity index (χ4v) is 2.63. The highest BCUT2D eigenvalue weighted by molar-refractivity contribution is 8.02. The molecule has 0 radical (unpaired) electrons. The summed E-state index contributed by atoms with van der Waals surface area (Å²) in [7, 11) is -0.835. The summed E-state index contributed by atoms with van der Waals surface area (Å²) in [4.78, 5) is 0.860. The first kappa shape index (κ1) is 19.1. The maximum Gasteiger partial charge on any atom is 0.301 e. The van der Waals surface area contributed by atoms with Crippen LogP contribution in [0.15, 0.2) is 35.4 Å². The Hall–Kier alpha value is -1.95. The summed E-state index contributed by atoms with van der Waals surface area (Å²) < 4.78 is 27.7. The van der Waals surface area contributed by atoms with Crippen LogP contribution in [0.1, 0.15) is 18.1 Å². The number of nitriles is 1. The molecule has 0 aliphatic rings. The van der Waals surface area contributed by atoms with Gasteiger partial charge in [-0.3, -0.25) is 4.72 Å². The molecule has 0 aliphatic carbocycles. The number of nitrogens with two attached hydrogens (primary N) is 1. The average Bonchev–Trinajstić information content (AvgIpc) is 2.52. The Morgan fingerprint density at radius 2 is 2.04 bits per heavy atom. The van der Waals surface area contributed by atoms with E-state index >= 15 is 0 Å². The number of benzene rings is 1. The van der Waals surface area contributed by atoms with E-state index in [0.717, 1.165) is 9.21 Å². The second-order valence-corrected chi connectivity index (χ2v) is 7.82. The number of hydrogen-bond acceptors (Lipinski definition) is 5. The quantitative estimate of drug-likeness (QED) is 0.766. The normalized spacial score (nSPS) is 12.5. The van der Waals surface area contributed by atoms with E-state index in [4.69, 9.17) is 11.0 Å². The monoisotopic (exact) mass is 352 g/mol. The fraction of sp³-hybridized carbons (Fsp3) is 0.267. The summed E-state index contributed by atoms with van der Waals surface area (Å²) in [6.45, 7) is 5.80. The van der Waals surface area contributed by atoms with Crippen LogP contribution in [0, 0.1) is 11.3 Å². The van der Waals surface area contributed by atoms with Gasteiger partial charge in [0.25, 0.3) is 0 Å². The van der Waals surface area contributed by atoms with E-state index in [2.05, 4.69) is 11.3 Å². The number of nitrogens with one attached hydrogen (secondary N) is 1. The molecule has 1 rings (SSSR count). The molecular weight excluding hydrogens is 332 g/mol. The Bertz CT molecular complexity index is 790. The van der Waals surface area contributed by atoms with Gasteiger partial charge in [-0.05, 0) is 31.4 Å². The van der Waals surface area contributed by atoms with Crippen LogP contribution < -0.4 is 10.5 Å². The Balaban J connectivity index is 3.46. The van der Waals surface area contributed by atoms with Crippen LogP contribution in [0.25, 0.3) is 5.57 Å². The smallest absolute Gasteiger partial charge is 0.301 e. The highest BCUT2D eigenvalue weighted by Gasteiger charge is 2.18. The molecule has 0 atom stereocenters.